The highest BCUT2D eigenvalue weighted by Gasteiger charge is 2.19. The third kappa shape index (κ3) is 4.98. The molecule has 0 saturated heterocycles. The van der Waals surface area contributed by atoms with Gasteiger partial charge in [-0.1, -0.05) is 42.5 Å². The third-order valence-corrected chi connectivity index (χ3v) is 4.06. The Hall–Kier alpha value is -2.04. The largest absolute Gasteiger partial charge is 0.493 e. The van der Waals surface area contributed by atoms with Gasteiger partial charge in [-0.05, 0) is 36.2 Å². The Morgan fingerprint density at radius 1 is 1.12 bits per heavy atom. The summed E-state index contributed by atoms with van der Waals surface area (Å²) in [6.45, 7) is 1.96. The number of hydrogen-bond acceptors (Lipinski definition) is 3. The topological polar surface area (TPSA) is 50.4 Å². The molecule has 0 fully saturated rings. The molecule has 1 amide bonds. The van der Waals surface area contributed by atoms with Gasteiger partial charge in [0.05, 0.1) is 13.0 Å². The van der Waals surface area contributed by atoms with Crippen LogP contribution in [0.2, 0.25) is 0 Å². The molecule has 0 spiro atoms. The Balaban J connectivity index is 0.00000208. The summed E-state index contributed by atoms with van der Waals surface area (Å²) in [5.41, 5.74) is 2.66. The molecule has 0 aliphatic carbocycles. The van der Waals surface area contributed by atoms with E-state index in [4.69, 9.17) is 4.74 Å². The molecule has 2 aromatic rings. The second kappa shape index (κ2) is 9.30. The van der Waals surface area contributed by atoms with E-state index < -0.39 is 0 Å². The van der Waals surface area contributed by atoms with Gasteiger partial charge in [0.2, 0.25) is 5.91 Å². The molecule has 2 aromatic carbocycles. The SMILES string of the molecule is Cl.O=C(CCOc1ccccc1)NCC1NCCc2ccccc21. The number of halogens is 1. The Labute approximate surface area is 149 Å². The molecule has 0 saturated carbocycles. The fraction of sp³-hybridized carbons (Fsp3) is 0.316. The normalized spacial score (nSPS) is 15.8. The second-order valence-corrected chi connectivity index (χ2v) is 5.67. The van der Waals surface area contributed by atoms with Crippen molar-refractivity contribution in [2.24, 2.45) is 0 Å². The second-order valence-electron chi connectivity index (χ2n) is 5.67. The van der Waals surface area contributed by atoms with Crippen molar-refractivity contribution in [3.8, 4) is 5.75 Å². The summed E-state index contributed by atoms with van der Waals surface area (Å²) in [5, 5.41) is 6.46. The lowest BCUT2D eigenvalue weighted by atomic mass is 9.94. The zero-order valence-corrected chi connectivity index (χ0v) is 14.4. The summed E-state index contributed by atoms with van der Waals surface area (Å²) in [4.78, 5) is 12.0. The fourth-order valence-corrected chi connectivity index (χ4v) is 2.86. The summed E-state index contributed by atoms with van der Waals surface area (Å²) in [6, 6.07) is 18.2. The summed E-state index contributed by atoms with van der Waals surface area (Å²) in [5.74, 6) is 0.814. The van der Waals surface area contributed by atoms with Gasteiger partial charge >= 0.3 is 0 Å². The van der Waals surface area contributed by atoms with Crippen molar-refractivity contribution < 1.29 is 9.53 Å². The van der Waals surface area contributed by atoms with Crippen molar-refractivity contribution in [1.29, 1.82) is 0 Å². The van der Waals surface area contributed by atoms with Crippen molar-refractivity contribution in [3.63, 3.8) is 0 Å². The number of rotatable bonds is 6. The van der Waals surface area contributed by atoms with Crippen molar-refractivity contribution in [1.82, 2.24) is 10.6 Å². The summed E-state index contributed by atoms with van der Waals surface area (Å²) >= 11 is 0. The molecule has 1 aliphatic heterocycles. The lowest BCUT2D eigenvalue weighted by Gasteiger charge is -2.27. The van der Waals surface area contributed by atoms with Gasteiger partial charge in [-0.2, -0.15) is 0 Å². The molecule has 1 unspecified atom stereocenters. The lowest BCUT2D eigenvalue weighted by Crippen LogP contribution is -2.39. The van der Waals surface area contributed by atoms with Crippen LogP contribution in [0.15, 0.2) is 54.6 Å². The van der Waals surface area contributed by atoms with E-state index in [1.54, 1.807) is 0 Å². The average Bonchev–Trinajstić information content (AvgIpc) is 2.61. The summed E-state index contributed by atoms with van der Waals surface area (Å²) in [7, 11) is 0. The molecule has 1 aliphatic rings. The van der Waals surface area contributed by atoms with Crippen LogP contribution in [0.25, 0.3) is 0 Å². The highest BCUT2D eigenvalue weighted by Crippen LogP contribution is 2.21. The smallest absolute Gasteiger partial charge is 0.223 e. The molecule has 1 heterocycles. The predicted molar refractivity (Wildman–Crippen MR) is 97.7 cm³/mol. The van der Waals surface area contributed by atoms with E-state index in [2.05, 4.69) is 28.8 Å². The maximum Gasteiger partial charge on any atom is 0.223 e. The fourth-order valence-electron chi connectivity index (χ4n) is 2.86. The maximum absolute atomic E-state index is 12.0. The van der Waals surface area contributed by atoms with Gasteiger partial charge in [-0.15, -0.1) is 12.4 Å². The zero-order valence-electron chi connectivity index (χ0n) is 13.5. The standard InChI is InChI=1S/C19H22N2O2.ClH/c22-19(11-13-23-16-7-2-1-3-8-16)21-14-18-17-9-5-4-6-15(17)10-12-20-18;/h1-9,18,20H,10-14H2,(H,21,22);1H. The number of carbonyl (C=O) groups excluding carboxylic acids is 1. The molecule has 5 heteroatoms. The van der Waals surface area contributed by atoms with Crippen LogP contribution < -0.4 is 15.4 Å². The van der Waals surface area contributed by atoms with Crippen LogP contribution in [-0.4, -0.2) is 25.6 Å². The van der Waals surface area contributed by atoms with Gasteiger partial charge in [0, 0.05) is 12.6 Å². The first-order valence-electron chi connectivity index (χ1n) is 8.08. The van der Waals surface area contributed by atoms with Gasteiger partial charge in [-0.3, -0.25) is 4.79 Å². The van der Waals surface area contributed by atoms with Crippen LogP contribution in [0.5, 0.6) is 5.75 Å². The third-order valence-electron chi connectivity index (χ3n) is 4.06. The number of benzene rings is 2. The van der Waals surface area contributed by atoms with Gasteiger partial charge in [-0.25, -0.2) is 0 Å². The van der Waals surface area contributed by atoms with Gasteiger partial charge in [0.1, 0.15) is 5.75 Å². The molecule has 2 N–H and O–H groups in total. The van der Waals surface area contributed by atoms with Crippen LogP contribution >= 0.6 is 12.4 Å². The minimum absolute atomic E-state index is 0. The molecule has 128 valence electrons. The van der Waals surface area contributed by atoms with E-state index in [1.165, 1.54) is 11.1 Å². The van der Waals surface area contributed by atoms with Crippen molar-refractivity contribution >= 4 is 18.3 Å². The molecule has 0 radical (unpaired) electrons. The van der Waals surface area contributed by atoms with Crippen LogP contribution in [-0.2, 0) is 11.2 Å². The zero-order chi connectivity index (χ0) is 15.9. The number of hydrogen-bond donors (Lipinski definition) is 2. The predicted octanol–water partition coefficient (Wildman–Crippen LogP) is 2.88. The van der Waals surface area contributed by atoms with Crippen LogP contribution in [0.4, 0.5) is 0 Å². The number of amides is 1. The molecular weight excluding hydrogens is 324 g/mol. The minimum Gasteiger partial charge on any atom is -0.493 e. The number of fused-ring (bicyclic) bond motifs is 1. The van der Waals surface area contributed by atoms with E-state index in [9.17, 15) is 4.79 Å². The lowest BCUT2D eigenvalue weighted by molar-refractivity contribution is -0.121. The number of para-hydroxylation sites is 1. The van der Waals surface area contributed by atoms with E-state index in [1.807, 2.05) is 36.4 Å². The maximum atomic E-state index is 12.0. The monoisotopic (exact) mass is 346 g/mol. The molecular formula is C19H23ClN2O2. The molecule has 3 rings (SSSR count). The van der Waals surface area contributed by atoms with Crippen LogP contribution in [0.3, 0.4) is 0 Å². The minimum atomic E-state index is 0. The molecule has 4 nitrogen and oxygen atoms in total. The summed E-state index contributed by atoms with van der Waals surface area (Å²) < 4.78 is 5.55. The highest BCUT2D eigenvalue weighted by atomic mass is 35.5. The van der Waals surface area contributed by atoms with Crippen molar-refractivity contribution in [2.45, 2.75) is 18.9 Å². The Bertz CT molecular complexity index is 649. The van der Waals surface area contributed by atoms with Crippen LogP contribution in [0.1, 0.15) is 23.6 Å². The first-order valence-corrected chi connectivity index (χ1v) is 8.08. The summed E-state index contributed by atoms with van der Waals surface area (Å²) in [6.07, 6.45) is 1.41. The molecule has 24 heavy (non-hydrogen) atoms. The van der Waals surface area contributed by atoms with E-state index in [0.29, 0.717) is 19.6 Å². The van der Waals surface area contributed by atoms with Crippen molar-refractivity contribution in [3.05, 3.63) is 65.7 Å². The van der Waals surface area contributed by atoms with Gasteiger partial charge in [0.25, 0.3) is 0 Å². The Morgan fingerprint density at radius 2 is 1.88 bits per heavy atom. The quantitative estimate of drug-likeness (QED) is 0.845. The first-order chi connectivity index (χ1) is 11.3. The van der Waals surface area contributed by atoms with E-state index in [-0.39, 0.29) is 24.4 Å². The van der Waals surface area contributed by atoms with Gasteiger partial charge < -0.3 is 15.4 Å². The van der Waals surface area contributed by atoms with Gasteiger partial charge in [0.15, 0.2) is 0 Å². The Kier molecular flexibility index (Phi) is 7.09. The highest BCUT2D eigenvalue weighted by molar-refractivity contribution is 5.85. The number of ether oxygens (including phenoxy) is 1. The average molecular weight is 347 g/mol. The molecule has 0 aromatic heterocycles. The van der Waals surface area contributed by atoms with E-state index in [0.717, 1.165) is 18.7 Å². The molecule has 1 atom stereocenters. The number of nitrogens with one attached hydrogen (secondary N) is 2. The first kappa shape index (κ1) is 18.3. The van der Waals surface area contributed by atoms with Crippen LogP contribution in [0, 0.1) is 0 Å². The van der Waals surface area contributed by atoms with E-state index >= 15 is 0 Å². The molecule has 0 bridgehead atoms. The Morgan fingerprint density at radius 3 is 2.71 bits per heavy atom. The number of carbonyl (C=O) groups is 1. The van der Waals surface area contributed by atoms with Crippen molar-refractivity contribution in [2.75, 3.05) is 19.7 Å².